The molecule has 22 heavy (non-hydrogen) atoms. The molecule has 1 saturated heterocycles. The van der Waals surface area contributed by atoms with Crippen LogP contribution in [0.15, 0.2) is 36.7 Å². The highest BCUT2D eigenvalue weighted by Crippen LogP contribution is 2.19. The first-order chi connectivity index (χ1) is 10.6. The molecule has 2 N–H and O–H groups in total. The monoisotopic (exact) mass is 297 g/mol. The molecule has 1 aromatic heterocycles. The van der Waals surface area contributed by atoms with E-state index in [1.165, 1.54) is 0 Å². The lowest BCUT2D eigenvalue weighted by molar-refractivity contribution is 0.100. The number of anilines is 2. The van der Waals surface area contributed by atoms with Crippen molar-refractivity contribution in [1.29, 1.82) is 0 Å². The summed E-state index contributed by atoms with van der Waals surface area (Å²) in [6.07, 6.45) is 3.57. The number of hydrogen-bond acceptors (Lipinski definition) is 5. The summed E-state index contributed by atoms with van der Waals surface area (Å²) >= 11 is 0. The summed E-state index contributed by atoms with van der Waals surface area (Å²) in [7, 11) is 0. The Morgan fingerprint density at radius 1 is 1.05 bits per heavy atom. The van der Waals surface area contributed by atoms with E-state index < -0.39 is 5.91 Å². The first kappa shape index (κ1) is 14.3. The number of carbonyl (C=O) groups excluding carboxylic acids is 1. The number of amides is 1. The molecule has 1 aliphatic rings. The van der Waals surface area contributed by atoms with E-state index in [0.717, 1.165) is 43.4 Å². The van der Waals surface area contributed by atoms with E-state index in [1.54, 1.807) is 18.3 Å². The second-order valence-corrected chi connectivity index (χ2v) is 5.40. The Morgan fingerprint density at radius 2 is 1.68 bits per heavy atom. The number of carbonyl (C=O) groups is 1. The maximum absolute atomic E-state index is 11.1. The number of primary amides is 1. The summed E-state index contributed by atoms with van der Waals surface area (Å²) in [5, 5.41) is 0. The van der Waals surface area contributed by atoms with E-state index in [2.05, 4.69) is 19.8 Å². The fourth-order valence-electron chi connectivity index (χ4n) is 2.63. The molecule has 0 unspecified atom stereocenters. The first-order valence-corrected chi connectivity index (χ1v) is 7.32. The van der Waals surface area contributed by atoms with Crippen molar-refractivity contribution in [2.24, 2.45) is 5.73 Å². The zero-order chi connectivity index (χ0) is 15.5. The van der Waals surface area contributed by atoms with Crippen molar-refractivity contribution >= 4 is 17.4 Å². The standard InChI is InChI=1S/C16H19N5O/c1-12-10-18-11-15(19-12)21-8-6-20(7-9-21)14-4-2-13(3-5-14)16(17)22/h2-5,10-11H,6-9H2,1H3,(H2,17,22). The highest BCUT2D eigenvalue weighted by atomic mass is 16.1. The molecule has 0 radical (unpaired) electrons. The van der Waals surface area contributed by atoms with E-state index in [1.807, 2.05) is 25.3 Å². The van der Waals surface area contributed by atoms with Crippen LogP contribution in [0.25, 0.3) is 0 Å². The molecule has 1 aliphatic heterocycles. The number of nitrogens with zero attached hydrogens (tertiary/aromatic N) is 4. The van der Waals surface area contributed by atoms with E-state index >= 15 is 0 Å². The molecular formula is C16H19N5O. The molecule has 0 spiro atoms. The zero-order valence-electron chi connectivity index (χ0n) is 12.6. The largest absolute Gasteiger partial charge is 0.368 e. The van der Waals surface area contributed by atoms with Gasteiger partial charge < -0.3 is 15.5 Å². The van der Waals surface area contributed by atoms with E-state index in [9.17, 15) is 4.79 Å². The molecule has 0 aliphatic carbocycles. The third kappa shape index (κ3) is 3.00. The smallest absolute Gasteiger partial charge is 0.248 e. The van der Waals surface area contributed by atoms with Crippen LogP contribution in [0, 0.1) is 6.92 Å². The average Bonchev–Trinajstić information content (AvgIpc) is 2.55. The predicted octanol–water partition coefficient (Wildman–Crippen LogP) is 1.21. The van der Waals surface area contributed by atoms with Crippen LogP contribution in [0.1, 0.15) is 16.1 Å². The van der Waals surface area contributed by atoms with E-state index in [4.69, 9.17) is 5.73 Å². The van der Waals surface area contributed by atoms with Crippen LogP contribution in [0.3, 0.4) is 0 Å². The Bertz CT molecular complexity index is 662. The van der Waals surface area contributed by atoms with Crippen LogP contribution in [-0.2, 0) is 0 Å². The van der Waals surface area contributed by atoms with Gasteiger partial charge in [0.1, 0.15) is 5.82 Å². The second-order valence-electron chi connectivity index (χ2n) is 5.40. The zero-order valence-corrected chi connectivity index (χ0v) is 12.6. The lowest BCUT2D eigenvalue weighted by atomic mass is 10.1. The van der Waals surface area contributed by atoms with Crippen LogP contribution >= 0.6 is 0 Å². The van der Waals surface area contributed by atoms with E-state index in [-0.39, 0.29) is 0 Å². The average molecular weight is 297 g/mol. The number of aryl methyl sites for hydroxylation is 1. The van der Waals surface area contributed by atoms with Gasteiger partial charge in [0.25, 0.3) is 0 Å². The quantitative estimate of drug-likeness (QED) is 0.921. The molecule has 1 fully saturated rings. The van der Waals surface area contributed by atoms with Gasteiger partial charge in [-0.3, -0.25) is 9.78 Å². The summed E-state index contributed by atoms with van der Waals surface area (Å²) in [4.78, 5) is 24.4. The first-order valence-electron chi connectivity index (χ1n) is 7.32. The lowest BCUT2D eigenvalue weighted by Gasteiger charge is -2.36. The molecule has 6 heteroatoms. The Kier molecular flexibility index (Phi) is 3.91. The Hall–Kier alpha value is -2.63. The molecule has 2 aromatic rings. The molecule has 1 aromatic carbocycles. The Balaban J connectivity index is 1.65. The highest BCUT2D eigenvalue weighted by molar-refractivity contribution is 5.93. The molecule has 2 heterocycles. The van der Waals surface area contributed by atoms with Crippen molar-refractivity contribution in [3.05, 3.63) is 47.9 Å². The van der Waals surface area contributed by atoms with Gasteiger partial charge >= 0.3 is 0 Å². The van der Waals surface area contributed by atoms with Gasteiger partial charge in [0.15, 0.2) is 0 Å². The molecular weight excluding hydrogens is 278 g/mol. The van der Waals surface area contributed by atoms with Crippen molar-refractivity contribution in [3.8, 4) is 0 Å². The number of benzene rings is 1. The Labute approximate surface area is 129 Å². The minimum Gasteiger partial charge on any atom is -0.368 e. The van der Waals surface area contributed by atoms with Gasteiger partial charge in [-0.05, 0) is 31.2 Å². The predicted molar refractivity (Wildman–Crippen MR) is 86.2 cm³/mol. The topological polar surface area (TPSA) is 75.3 Å². The number of nitrogens with two attached hydrogens (primary N) is 1. The van der Waals surface area contributed by atoms with Gasteiger partial charge in [-0.25, -0.2) is 4.98 Å². The normalized spacial score (nSPS) is 15.0. The Morgan fingerprint density at radius 3 is 2.27 bits per heavy atom. The van der Waals surface area contributed by atoms with Crippen molar-refractivity contribution in [2.75, 3.05) is 36.0 Å². The molecule has 0 atom stereocenters. The van der Waals surface area contributed by atoms with Crippen molar-refractivity contribution in [2.45, 2.75) is 6.92 Å². The summed E-state index contributed by atoms with van der Waals surface area (Å²) in [6.45, 7) is 5.57. The molecule has 6 nitrogen and oxygen atoms in total. The maximum Gasteiger partial charge on any atom is 0.248 e. The summed E-state index contributed by atoms with van der Waals surface area (Å²) < 4.78 is 0. The highest BCUT2D eigenvalue weighted by Gasteiger charge is 2.18. The van der Waals surface area contributed by atoms with Gasteiger partial charge in [0.2, 0.25) is 5.91 Å². The van der Waals surface area contributed by atoms with Gasteiger partial charge in [-0.1, -0.05) is 0 Å². The van der Waals surface area contributed by atoms with Crippen LogP contribution in [0.5, 0.6) is 0 Å². The minimum atomic E-state index is -0.394. The lowest BCUT2D eigenvalue weighted by Crippen LogP contribution is -2.46. The molecule has 0 bridgehead atoms. The summed E-state index contributed by atoms with van der Waals surface area (Å²) in [5.41, 5.74) is 7.85. The number of rotatable bonds is 3. The molecule has 114 valence electrons. The summed E-state index contributed by atoms with van der Waals surface area (Å²) in [5.74, 6) is 0.540. The van der Waals surface area contributed by atoms with Gasteiger partial charge in [-0.2, -0.15) is 0 Å². The fraction of sp³-hybridized carbons (Fsp3) is 0.312. The van der Waals surface area contributed by atoms with Crippen LogP contribution in [0.2, 0.25) is 0 Å². The second kappa shape index (κ2) is 6.01. The third-order valence-electron chi connectivity index (χ3n) is 3.86. The number of piperazine rings is 1. The maximum atomic E-state index is 11.1. The van der Waals surface area contributed by atoms with Crippen LogP contribution < -0.4 is 15.5 Å². The number of aromatic nitrogens is 2. The van der Waals surface area contributed by atoms with Gasteiger partial charge in [0, 0.05) is 43.6 Å². The van der Waals surface area contributed by atoms with Crippen molar-refractivity contribution in [1.82, 2.24) is 9.97 Å². The van der Waals surface area contributed by atoms with Crippen molar-refractivity contribution < 1.29 is 4.79 Å². The fourth-order valence-corrected chi connectivity index (χ4v) is 2.63. The van der Waals surface area contributed by atoms with E-state index in [0.29, 0.717) is 5.56 Å². The molecule has 1 amide bonds. The third-order valence-corrected chi connectivity index (χ3v) is 3.86. The van der Waals surface area contributed by atoms with Gasteiger partial charge in [0.05, 0.1) is 11.9 Å². The summed E-state index contributed by atoms with van der Waals surface area (Å²) in [6, 6.07) is 7.44. The minimum absolute atomic E-state index is 0.394. The molecule has 0 saturated carbocycles. The van der Waals surface area contributed by atoms with Crippen LogP contribution in [-0.4, -0.2) is 42.1 Å². The van der Waals surface area contributed by atoms with Crippen LogP contribution in [0.4, 0.5) is 11.5 Å². The number of hydrogen-bond donors (Lipinski definition) is 1. The van der Waals surface area contributed by atoms with Gasteiger partial charge in [-0.15, -0.1) is 0 Å². The van der Waals surface area contributed by atoms with Crippen molar-refractivity contribution in [3.63, 3.8) is 0 Å². The molecule has 3 rings (SSSR count). The SMILES string of the molecule is Cc1cncc(N2CCN(c3ccc(C(N)=O)cc3)CC2)n1.